The Morgan fingerprint density at radius 3 is 2.43 bits per heavy atom. The van der Waals surface area contributed by atoms with Crippen LogP contribution < -0.4 is 16.0 Å². The van der Waals surface area contributed by atoms with Crippen molar-refractivity contribution in [1.82, 2.24) is 5.32 Å². The summed E-state index contributed by atoms with van der Waals surface area (Å²) in [6, 6.07) is 20.0. The summed E-state index contributed by atoms with van der Waals surface area (Å²) >= 11 is 1.14. The highest BCUT2D eigenvalue weighted by molar-refractivity contribution is 8.03. The molecule has 1 aromatic heterocycles. The average Bonchev–Trinajstić information content (AvgIpc) is 3.39. The number of halogens is 1. The van der Waals surface area contributed by atoms with Crippen molar-refractivity contribution in [2.24, 2.45) is 0 Å². The van der Waals surface area contributed by atoms with Crippen molar-refractivity contribution in [3.05, 3.63) is 106 Å². The van der Waals surface area contributed by atoms with Gasteiger partial charge in [0.15, 0.2) is 0 Å². The fraction of sp³-hybridized carbons (Fsp3) is 0.115. The van der Waals surface area contributed by atoms with E-state index in [1.807, 2.05) is 18.2 Å². The number of benzene rings is 2. The SMILES string of the molecule is CC1=C(C(=O)Nc2ccccc2)[C@H](c2ccco2)C(C#N)=C(SCC(=O)Nc2ccc(F)cc2)N1. The minimum atomic E-state index is -0.748. The lowest BCUT2D eigenvalue weighted by molar-refractivity contribution is -0.114. The number of nitrogens with zero attached hydrogens (tertiary/aromatic N) is 1. The number of allylic oxidation sites excluding steroid dienone is 2. The molecule has 35 heavy (non-hydrogen) atoms. The minimum absolute atomic E-state index is 0.00537. The van der Waals surface area contributed by atoms with Crippen molar-refractivity contribution < 1.29 is 18.4 Å². The molecule has 3 N–H and O–H groups in total. The lowest BCUT2D eigenvalue weighted by Crippen LogP contribution is -2.31. The Balaban J connectivity index is 1.57. The molecule has 2 aromatic carbocycles. The van der Waals surface area contributed by atoms with Gasteiger partial charge in [-0.2, -0.15) is 5.26 Å². The van der Waals surface area contributed by atoms with Crippen LogP contribution in [0.2, 0.25) is 0 Å². The third-order valence-electron chi connectivity index (χ3n) is 5.23. The highest BCUT2D eigenvalue weighted by atomic mass is 32.2. The Hall–Kier alpha value is -4.29. The van der Waals surface area contributed by atoms with Crippen molar-refractivity contribution in [2.75, 3.05) is 16.4 Å². The van der Waals surface area contributed by atoms with Crippen LogP contribution in [-0.2, 0) is 9.59 Å². The quantitative estimate of drug-likeness (QED) is 0.426. The van der Waals surface area contributed by atoms with E-state index in [1.54, 1.807) is 31.2 Å². The van der Waals surface area contributed by atoms with E-state index in [-0.39, 0.29) is 23.1 Å². The number of carbonyl (C=O) groups is 2. The first-order valence-corrected chi connectivity index (χ1v) is 11.6. The Labute approximate surface area is 205 Å². The van der Waals surface area contributed by atoms with Crippen molar-refractivity contribution in [2.45, 2.75) is 12.8 Å². The largest absolute Gasteiger partial charge is 0.468 e. The zero-order chi connectivity index (χ0) is 24.8. The van der Waals surface area contributed by atoms with Gasteiger partial charge in [0.1, 0.15) is 11.6 Å². The van der Waals surface area contributed by atoms with Gasteiger partial charge in [0.2, 0.25) is 5.91 Å². The van der Waals surface area contributed by atoms with Crippen LogP contribution in [0.5, 0.6) is 0 Å². The molecule has 2 heterocycles. The predicted octanol–water partition coefficient (Wildman–Crippen LogP) is 5.13. The molecule has 1 aliphatic heterocycles. The molecular weight excluding hydrogens is 467 g/mol. The summed E-state index contributed by atoms with van der Waals surface area (Å²) in [4.78, 5) is 25.7. The smallest absolute Gasteiger partial charge is 0.254 e. The second-order valence-electron chi connectivity index (χ2n) is 7.63. The highest BCUT2D eigenvalue weighted by Crippen LogP contribution is 2.41. The molecule has 0 aliphatic carbocycles. The van der Waals surface area contributed by atoms with E-state index in [0.29, 0.717) is 33.4 Å². The van der Waals surface area contributed by atoms with Gasteiger partial charge in [-0.1, -0.05) is 30.0 Å². The minimum Gasteiger partial charge on any atom is -0.468 e. The number of carbonyl (C=O) groups excluding carboxylic acids is 2. The standard InChI is InChI=1S/C26H21FN4O3S/c1-16-23(25(33)31-18-6-3-2-4-7-18)24(21-8-5-13-34-21)20(14-28)26(29-16)35-15-22(32)30-19-11-9-17(27)10-12-19/h2-13,24,29H,15H2,1H3,(H,30,32)(H,31,33)/t24-/m0/s1. The van der Waals surface area contributed by atoms with Crippen LogP contribution in [0.4, 0.5) is 15.8 Å². The van der Waals surface area contributed by atoms with Crippen molar-refractivity contribution in [3.63, 3.8) is 0 Å². The molecule has 7 nitrogen and oxygen atoms in total. The number of thioether (sulfide) groups is 1. The molecule has 1 aliphatic rings. The molecule has 2 amide bonds. The number of hydrogen-bond donors (Lipinski definition) is 3. The second-order valence-corrected chi connectivity index (χ2v) is 8.62. The van der Waals surface area contributed by atoms with E-state index in [0.717, 1.165) is 11.8 Å². The maximum atomic E-state index is 13.3. The predicted molar refractivity (Wildman–Crippen MR) is 132 cm³/mol. The van der Waals surface area contributed by atoms with Gasteiger partial charge < -0.3 is 20.4 Å². The van der Waals surface area contributed by atoms with Gasteiger partial charge >= 0.3 is 0 Å². The van der Waals surface area contributed by atoms with E-state index in [1.165, 1.54) is 30.5 Å². The number of nitriles is 1. The van der Waals surface area contributed by atoms with Crippen LogP contribution in [0, 0.1) is 17.1 Å². The molecule has 0 bridgehead atoms. The maximum Gasteiger partial charge on any atom is 0.254 e. The monoisotopic (exact) mass is 488 g/mol. The highest BCUT2D eigenvalue weighted by Gasteiger charge is 2.36. The molecule has 4 rings (SSSR count). The van der Waals surface area contributed by atoms with E-state index >= 15 is 0 Å². The van der Waals surface area contributed by atoms with Crippen LogP contribution >= 0.6 is 11.8 Å². The number of dihydropyridines is 1. The Bertz CT molecular complexity index is 1330. The van der Waals surface area contributed by atoms with Gasteiger partial charge in [-0.3, -0.25) is 9.59 Å². The van der Waals surface area contributed by atoms with Gasteiger partial charge in [-0.25, -0.2) is 4.39 Å². The summed E-state index contributed by atoms with van der Waals surface area (Å²) in [6.45, 7) is 1.74. The molecular formula is C26H21FN4O3S. The lowest BCUT2D eigenvalue weighted by atomic mass is 9.85. The lowest BCUT2D eigenvalue weighted by Gasteiger charge is -2.28. The topological polar surface area (TPSA) is 107 Å². The zero-order valence-corrected chi connectivity index (χ0v) is 19.5. The third kappa shape index (κ3) is 5.62. The number of amides is 2. The van der Waals surface area contributed by atoms with E-state index in [2.05, 4.69) is 22.0 Å². The molecule has 0 spiro atoms. The summed E-state index contributed by atoms with van der Waals surface area (Å²) in [5, 5.41) is 19.2. The normalized spacial score (nSPS) is 15.3. The van der Waals surface area contributed by atoms with Gasteiger partial charge in [0.25, 0.3) is 5.91 Å². The van der Waals surface area contributed by atoms with Gasteiger partial charge in [0.05, 0.1) is 40.2 Å². The Morgan fingerprint density at radius 2 is 1.77 bits per heavy atom. The number of anilines is 2. The van der Waals surface area contributed by atoms with Crippen molar-refractivity contribution >= 4 is 35.0 Å². The number of hydrogen-bond acceptors (Lipinski definition) is 6. The first-order valence-electron chi connectivity index (χ1n) is 10.7. The van der Waals surface area contributed by atoms with Gasteiger partial charge in [-0.05, 0) is 55.5 Å². The molecule has 0 fully saturated rings. The molecule has 0 saturated heterocycles. The van der Waals surface area contributed by atoms with E-state index in [4.69, 9.17) is 4.42 Å². The maximum absolute atomic E-state index is 13.3. The summed E-state index contributed by atoms with van der Waals surface area (Å²) in [7, 11) is 0. The van der Waals surface area contributed by atoms with E-state index in [9.17, 15) is 19.2 Å². The third-order valence-corrected chi connectivity index (χ3v) is 6.24. The van der Waals surface area contributed by atoms with Crippen LogP contribution in [0.15, 0.2) is 99.3 Å². The van der Waals surface area contributed by atoms with Crippen LogP contribution in [0.1, 0.15) is 18.6 Å². The second kappa shape index (κ2) is 10.8. The van der Waals surface area contributed by atoms with Crippen LogP contribution in [0.25, 0.3) is 0 Å². The average molecular weight is 489 g/mol. The summed E-state index contributed by atoms with van der Waals surface area (Å²) < 4.78 is 18.7. The molecule has 176 valence electrons. The van der Waals surface area contributed by atoms with E-state index < -0.39 is 11.7 Å². The molecule has 9 heteroatoms. The molecule has 0 saturated carbocycles. The molecule has 3 aromatic rings. The fourth-order valence-electron chi connectivity index (χ4n) is 3.66. The molecule has 1 atom stereocenters. The first kappa shape index (κ1) is 23.9. The first-order chi connectivity index (χ1) is 17.0. The fourth-order valence-corrected chi connectivity index (χ4v) is 4.55. The molecule has 0 radical (unpaired) electrons. The number of furan rings is 1. The zero-order valence-electron chi connectivity index (χ0n) is 18.7. The summed E-state index contributed by atoms with van der Waals surface area (Å²) in [5.41, 5.74) is 2.24. The Morgan fingerprint density at radius 1 is 1.06 bits per heavy atom. The Kier molecular flexibility index (Phi) is 7.33. The van der Waals surface area contributed by atoms with Crippen LogP contribution in [0.3, 0.4) is 0 Å². The number of para-hydroxylation sites is 1. The summed E-state index contributed by atoms with van der Waals surface area (Å²) in [5.74, 6) is -1.40. The van der Waals surface area contributed by atoms with Crippen LogP contribution in [-0.4, -0.2) is 17.6 Å². The van der Waals surface area contributed by atoms with Crippen molar-refractivity contribution in [1.29, 1.82) is 5.26 Å². The number of nitrogens with one attached hydrogen (secondary N) is 3. The molecule has 0 unspecified atom stereocenters. The number of rotatable bonds is 7. The van der Waals surface area contributed by atoms with Crippen molar-refractivity contribution in [3.8, 4) is 6.07 Å². The van der Waals surface area contributed by atoms with Gasteiger partial charge in [-0.15, -0.1) is 0 Å². The van der Waals surface area contributed by atoms with Gasteiger partial charge in [0, 0.05) is 17.1 Å². The summed E-state index contributed by atoms with van der Waals surface area (Å²) in [6.07, 6.45) is 1.48.